The molecule has 19 heavy (non-hydrogen) atoms. The number of rotatable bonds is 8. The zero-order chi connectivity index (χ0) is 14.1. The third-order valence-corrected chi connectivity index (χ3v) is 3.14. The van der Waals surface area contributed by atoms with E-state index >= 15 is 0 Å². The number of anilines is 1. The van der Waals surface area contributed by atoms with Crippen molar-refractivity contribution in [3.63, 3.8) is 0 Å². The van der Waals surface area contributed by atoms with Crippen LogP contribution < -0.4 is 10.1 Å². The van der Waals surface area contributed by atoms with Gasteiger partial charge in [-0.3, -0.25) is 4.79 Å². The van der Waals surface area contributed by atoms with Crippen LogP contribution >= 0.6 is 0 Å². The van der Waals surface area contributed by atoms with Gasteiger partial charge in [-0.15, -0.1) is 0 Å². The summed E-state index contributed by atoms with van der Waals surface area (Å²) in [6.07, 6.45) is 6.38. The Morgan fingerprint density at radius 1 is 1.21 bits per heavy atom. The van der Waals surface area contributed by atoms with Crippen LogP contribution in [0.5, 0.6) is 5.75 Å². The van der Waals surface area contributed by atoms with Crippen LogP contribution in [-0.2, 0) is 4.79 Å². The lowest BCUT2D eigenvalue weighted by Crippen LogP contribution is -2.12. The first-order chi connectivity index (χ1) is 9.17. The van der Waals surface area contributed by atoms with E-state index < -0.39 is 0 Å². The molecule has 3 heteroatoms. The van der Waals surface area contributed by atoms with Crippen LogP contribution in [0.1, 0.15) is 51.0 Å². The van der Waals surface area contributed by atoms with Crippen molar-refractivity contribution in [1.29, 1.82) is 0 Å². The number of methoxy groups -OCH3 is 1. The molecule has 1 aromatic rings. The largest absolute Gasteiger partial charge is 0.495 e. The van der Waals surface area contributed by atoms with E-state index in [0.717, 1.165) is 24.1 Å². The van der Waals surface area contributed by atoms with E-state index in [-0.39, 0.29) is 5.91 Å². The minimum atomic E-state index is 0.0698. The third kappa shape index (κ3) is 5.77. The first-order valence-electron chi connectivity index (χ1n) is 7.12. The molecule has 1 rings (SSSR count). The van der Waals surface area contributed by atoms with Crippen molar-refractivity contribution >= 4 is 11.6 Å². The lowest BCUT2D eigenvalue weighted by atomic mass is 10.1. The molecule has 0 saturated carbocycles. The predicted molar refractivity (Wildman–Crippen MR) is 79.7 cm³/mol. The van der Waals surface area contributed by atoms with Crippen molar-refractivity contribution in [2.75, 3.05) is 12.4 Å². The fourth-order valence-corrected chi connectivity index (χ4v) is 2.02. The Morgan fingerprint density at radius 3 is 2.63 bits per heavy atom. The van der Waals surface area contributed by atoms with Crippen LogP contribution in [0.15, 0.2) is 18.2 Å². The molecule has 0 saturated heterocycles. The minimum Gasteiger partial charge on any atom is -0.495 e. The monoisotopic (exact) mass is 263 g/mol. The van der Waals surface area contributed by atoms with Crippen LogP contribution in [0.4, 0.5) is 5.69 Å². The molecule has 0 spiro atoms. The molecule has 0 aliphatic carbocycles. The van der Waals surface area contributed by atoms with Crippen molar-refractivity contribution in [3.05, 3.63) is 23.8 Å². The maximum absolute atomic E-state index is 11.9. The minimum absolute atomic E-state index is 0.0698. The molecule has 0 aliphatic rings. The molecule has 1 N–H and O–H groups in total. The standard InChI is InChI=1S/C16H25NO2/c1-4-5-6-7-8-9-16(18)17-14-12-13(2)10-11-15(14)19-3/h10-12H,4-9H2,1-3H3,(H,17,18). The highest BCUT2D eigenvalue weighted by atomic mass is 16.5. The summed E-state index contributed by atoms with van der Waals surface area (Å²) in [7, 11) is 1.62. The number of hydrogen-bond donors (Lipinski definition) is 1. The maximum Gasteiger partial charge on any atom is 0.224 e. The van der Waals surface area contributed by atoms with Crippen LogP contribution in [0, 0.1) is 6.92 Å². The molecule has 106 valence electrons. The first kappa shape index (κ1) is 15.5. The number of carbonyl (C=O) groups is 1. The molecule has 1 aromatic carbocycles. The molecule has 0 atom stereocenters. The van der Waals surface area contributed by atoms with Gasteiger partial charge in [0.25, 0.3) is 0 Å². The van der Waals surface area contributed by atoms with E-state index in [0.29, 0.717) is 12.2 Å². The zero-order valence-corrected chi connectivity index (χ0v) is 12.3. The molecule has 0 unspecified atom stereocenters. The Labute approximate surface area is 116 Å². The molecule has 0 heterocycles. The first-order valence-corrected chi connectivity index (χ1v) is 7.12. The normalized spacial score (nSPS) is 10.3. The van der Waals surface area contributed by atoms with E-state index in [1.165, 1.54) is 19.3 Å². The van der Waals surface area contributed by atoms with Crippen LogP contribution in [0.2, 0.25) is 0 Å². The zero-order valence-electron chi connectivity index (χ0n) is 12.3. The Kier molecular flexibility index (Phi) is 7.01. The van der Waals surface area contributed by atoms with E-state index in [9.17, 15) is 4.79 Å². The van der Waals surface area contributed by atoms with Crippen LogP contribution in [-0.4, -0.2) is 13.0 Å². The summed E-state index contributed by atoms with van der Waals surface area (Å²) in [5.41, 5.74) is 1.88. The van der Waals surface area contributed by atoms with Gasteiger partial charge in [0.1, 0.15) is 5.75 Å². The van der Waals surface area contributed by atoms with E-state index in [1.807, 2.05) is 25.1 Å². The molecule has 3 nitrogen and oxygen atoms in total. The second-order valence-corrected chi connectivity index (χ2v) is 4.92. The van der Waals surface area contributed by atoms with Crippen molar-refractivity contribution in [3.8, 4) is 5.75 Å². The lowest BCUT2D eigenvalue weighted by Gasteiger charge is -2.11. The van der Waals surface area contributed by atoms with Gasteiger partial charge in [0, 0.05) is 6.42 Å². The van der Waals surface area contributed by atoms with Gasteiger partial charge in [0.2, 0.25) is 5.91 Å². The average Bonchev–Trinajstić information content (AvgIpc) is 2.39. The lowest BCUT2D eigenvalue weighted by molar-refractivity contribution is -0.116. The summed E-state index contributed by atoms with van der Waals surface area (Å²) in [4.78, 5) is 11.9. The molecule has 1 amide bonds. The van der Waals surface area contributed by atoms with Crippen molar-refractivity contribution in [2.24, 2.45) is 0 Å². The van der Waals surface area contributed by atoms with Gasteiger partial charge in [-0.05, 0) is 31.0 Å². The Morgan fingerprint density at radius 2 is 1.95 bits per heavy atom. The molecular weight excluding hydrogens is 238 g/mol. The Balaban J connectivity index is 2.41. The van der Waals surface area contributed by atoms with Crippen molar-refractivity contribution in [1.82, 2.24) is 0 Å². The highest BCUT2D eigenvalue weighted by molar-refractivity contribution is 5.92. The van der Waals surface area contributed by atoms with Crippen molar-refractivity contribution < 1.29 is 9.53 Å². The molecule has 0 aromatic heterocycles. The van der Waals surface area contributed by atoms with Crippen LogP contribution in [0.25, 0.3) is 0 Å². The fraction of sp³-hybridized carbons (Fsp3) is 0.562. The maximum atomic E-state index is 11.9. The molecule has 0 bridgehead atoms. The quantitative estimate of drug-likeness (QED) is 0.710. The number of unbranched alkanes of at least 4 members (excludes halogenated alkanes) is 4. The summed E-state index contributed by atoms with van der Waals surface area (Å²) in [6, 6.07) is 5.79. The number of nitrogens with one attached hydrogen (secondary N) is 1. The highest BCUT2D eigenvalue weighted by Gasteiger charge is 2.07. The summed E-state index contributed by atoms with van der Waals surface area (Å²) < 4.78 is 5.24. The number of aryl methyl sites for hydroxylation is 1. The van der Waals surface area contributed by atoms with Crippen molar-refractivity contribution in [2.45, 2.75) is 52.4 Å². The van der Waals surface area contributed by atoms with Gasteiger partial charge in [-0.2, -0.15) is 0 Å². The number of hydrogen-bond acceptors (Lipinski definition) is 2. The van der Waals surface area contributed by atoms with E-state index in [2.05, 4.69) is 12.2 Å². The number of carbonyl (C=O) groups excluding carboxylic acids is 1. The van der Waals surface area contributed by atoms with Gasteiger partial charge < -0.3 is 10.1 Å². The summed E-state index contributed by atoms with van der Waals surface area (Å²) in [6.45, 7) is 4.19. The third-order valence-electron chi connectivity index (χ3n) is 3.14. The summed E-state index contributed by atoms with van der Waals surface area (Å²) in [5.74, 6) is 0.783. The Hall–Kier alpha value is -1.51. The molecule has 0 radical (unpaired) electrons. The summed E-state index contributed by atoms with van der Waals surface area (Å²) >= 11 is 0. The van der Waals surface area contributed by atoms with Gasteiger partial charge in [0.15, 0.2) is 0 Å². The SMILES string of the molecule is CCCCCCCC(=O)Nc1cc(C)ccc1OC. The van der Waals surface area contributed by atoms with E-state index in [1.54, 1.807) is 7.11 Å². The number of benzene rings is 1. The van der Waals surface area contributed by atoms with Gasteiger partial charge in [0.05, 0.1) is 12.8 Å². The second-order valence-electron chi connectivity index (χ2n) is 4.92. The predicted octanol–water partition coefficient (Wildman–Crippen LogP) is 4.30. The van der Waals surface area contributed by atoms with Gasteiger partial charge in [-0.1, -0.05) is 38.7 Å². The van der Waals surface area contributed by atoms with Gasteiger partial charge in [-0.25, -0.2) is 0 Å². The Bertz CT molecular complexity index is 402. The number of ether oxygens (including phenoxy) is 1. The number of amides is 1. The molecule has 0 fully saturated rings. The second kappa shape index (κ2) is 8.57. The molecule has 0 aliphatic heterocycles. The average molecular weight is 263 g/mol. The smallest absolute Gasteiger partial charge is 0.224 e. The van der Waals surface area contributed by atoms with Gasteiger partial charge >= 0.3 is 0 Å². The van der Waals surface area contributed by atoms with Crippen LogP contribution in [0.3, 0.4) is 0 Å². The topological polar surface area (TPSA) is 38.3 Å². The van der Waals surface area contributed by atoms with E-state index in [4.69, 9.17) is 4.74 Å². The summed E-state index contributed by atoms with van der Waals surface area (Å²) in [5, 5.41) is 2.93. The highest BCUT2D eigenvalue weighted by Crippen LogP contribution is 2.25. The fourth-order valence-electron chi connectivity index (χ4n) is 2.02. The molecular formula is C16H25NO2.